The van der Waals surface area contributed by atoms with Crippen LogP contribution < -0.4 is 5.32 Å². The van der Waals surface area contributed by atoms with E-state index >= 15 is 0 Å². The van der Waals surface area contributed by atoms with Gasteiger partial charge in [-0.05, 0) is 31.1 Å². The van der Waals surface area contributed by atoms with Gasteiger partial charge < -0.3 is 10.1 Å². The van der Waals surface area contributed by atoms with E-state index in [9.17, 15) is 0 Å². The first-order chi connectivity index (χ1) is 8.28. The summed E-state index contributed by atoms with van der Waals surface area (Å²) < 4.78 is 5.43. The largest absolute Gasteiger partial charge is 0.379 e. The number of ether oxygens (including phenoxy) is 1. The van der Waals surface area contributed by atoms with Gasteiger partial charge in [0.1, 0.15) is 0 Å². The van der Waals surface area contributed by atoms with Crippen LogP contribution in [0.25, 0.3) is 0 Å². The number of hydrogen-bond acceptors (Lipinski definition) is 3. The van der Waals surface area contributed by atoms with Gasteiger partial charge in [0.05, 0.1) is 13.2 Å². The first-order valence-corrected chi connectivity index (χ1v) is 7.31. The monoisotopic (exact) mass is 240 g/mol. The average molecular weight is 240 g/mol. The Labute approximate surface area is 106 Å². The number of nitrogens with zero attached hydrogens (tertiary/aromatic N) is 1. The summed E-state index contributed by atoms with van der Waals surface area (Å²) in [5, 5.41) is 3.73. The molecule has 1 saturated heterocycles. The lowest BCUT2D eigenvalue weighted by molar-refractivity contribution is 0.0136. The summed E-state index contributed by atoms with van der Waals surface area (Å²) in [6, 6.07) is 0.831. The molecule has 100 valence electrons. The van der Waals surface area contributed by atoms with E-state index in [1.165, 1.54) is 38.8 Å². The Balaban J connectivity index is 1.83. The van der Waals surface area contributed by atoms with Crippen molar-refractivity contribution >= 4 is 0 Å². The highest BCUT2D eigenvalue weighted by Gasteiger charge is 2.31. The Bertz CT molecular complexity index is 218. The van der Waals surface area contributed by atoms with Crippen molar-refractivity contribution in [3.63, 3.8) is 0 Å². The second-order valence-electron chi connectivity index (χ2n) is 5.75. The highest BCUT2D eigenvalue weighted by Crippen LogP contribution is 2.29. The molecule has 1 saturated carbocycles. The van der Waals surface area contributed by atoms with E-state index in [2.05, 4.69) is 24.1 Å². The summed E-state index contributed by atoms with van der Waals surface area (Å²) in [5.41, 5.74) is 0.472. The van der Waals surface area contributed by atoms with Crippen LogP contribution in [0.2, 0.25) is 0 Å². The van der Waals surface area contributed by atoms with Gasteiger partial charge in [-0.1, -0.05) is 13.8 Å². The van der Waals surface area contributed by atoms with Crippen molar-refractivity contribution < 1.29 is 4.74 Å². The normalized spacial score (nSPS) is 22.9. The van der Waals surface area contributed by atoms with E-state index in [-0.39, 0.29) is 0 Å². The van der Waals surface area contributed by atoms with Crippen molar-refractivity contribution in [2.75, 3.05) is 39.4 Å². The van der Waals surface area contributed by atoms with E-state index in [1.54, 1.807) is 0 Å². The molecule has 1 heterocycles. The zero-order valence-corrected chi connectivity index (χ0v) is 11.5. The SMILES string of the molecule is CCC(CC)(CNC1CC1)CN1CCOCC1. The molecule has 0 bridgehead atoms. The van der Waals surface area contributed by atoms with Crippen molar-refractivity contribution in [1.82, 2.24) is 10.2 Å². The third-order valence-electron chi connectivity index (χ3n) is 4.51. The Hall–Kier alpha value is -0.120. The summed E-state index contributed by atoms with van der Waals surface area (Å²) in [6.07, 6.45) is 5.34. The molecule has 3 heteroatoms. The molecule has 1 N–H and O–H groups in total. The molecule has 0 aromatic heterocycles. The highest BCUT2D eigenvalue weighted by molar-refractivity contribution is 4.88. The Morgan fingerprint density at radius 3 is 2.35 bits per heavy atom. The first-order valence-electron chi connectivity index (χ1n) is 7.31. The van der Waals surface area contributed by atoms with Crippen LogP contribution >= 0.6 is 0 Å². The molecule has 2 fully saturated rings. The van der Waals surface area contributed by atoms with Crippen molar-refractivity contribution in [2.45, 2.75) is 45.6 Å². The predicted octanol–water partition coefficient (Wildman–Crippen LogP) is 1.88. The molecule has 2 aliphatic rings. The Morgan fingerprint density at radius 1 is 1.18 bits per heavy atom. The van der Waals surface area contributed by atoms with Gasteiger partial charge in [-0.3, -0.25) is 4.90 Å². The second kappa shape index (κ2) is 6.17. The summed E-state index contributed by atoms with van der Waals surface area (Å²) in [7, 11) is 0. The molecular formula is C14H28N2O. The van der Waals surface area contributed by atoms with E-state index < -0.39 is 0 Å². The van der Waals surface area contributed by atoms with E-state index in [0.29, 0.717) is 5.41 Å². The zero-order chi connectivity index (χ0) is 12.1. The third kappa shape index (κ3) is 3.94. The topological polar surface area (TPSA) is 24.5 Å². The van der Waals surface area contributed by atoms with Gasteiger partial charge in [-0.25, -0.2) is 0 Å². The van der Waals surface area contributed by atoms with E-state index in [0.717, 1.165) is 32.3 Å². The van der Waals surface area contributed by atoms with Crippen LogP contribution in [0.5, 0.6) is 0 Å². The van der Waals surface area contributed by atoms with Gasteiger partial charge in [-0.2, -0.15) is 0 Å². The number of nitrogens with one attached hydrogen (secondary N) is 1. The Kier molecular flexibility index (Phi) is 4.83. The molecule has 1 aliphatic heterocycles. The lowest BCUT2D eigenvalue weighted by Crippen LogP contribution is -2.47. The summed E-state index contributed by atoms with van der Waals surface area (Å²) >= 11 is 0. The highest BCUT2D eigenvalue weighted by atomic mass is 16.5. The lowest BCUT2D eigenvalue weighted by atomic mass is 9.81. The minimum absolute atomic E-state index is 0.472. The van der Waals surface area contributed by atoms with Crippen LogP contribution in [0.4, 0.5) is 0 Å². The molecule has 1 aliphatic carbocycles. The Morgan fingerprint density at radius 2 is 1.82 bits per heavy atom. The average Bonchev–Trinajstić information content (AvgIpc) is 3.20. The van der Waals surface area contributed by atoms with Crippen LogP contribution in [-0.2, 0) is 4.74 Å². The molecule has 3 nitrogen and oxygen atoms in total. The van der Waals surface area contributed by atoms with Crippen molar-refractivity contribution in [3.8, 4) is 0 Å². The minimum atomic E-state index is 0.472. The predicted molar refractivity (Wildman–Crippen MR) is 71.3 cm³/mol. The lowest BCUT2D eigenvalue weighted by Gasteiger charge is -2.39. The maximum absolute atomic E-state index is 5.43. The van der Waals surface area contributed by atoms with Gasteiger partial charge >= 0.3 is 0 Å². The second-order valence-corrected chi connectivity index (χ2v) is 5.75. The molecular weight excluding hydrogens is 212 g/mol. The fourth-order valence-corrected chi connectivity index (χ4v) is 2.66. The standard InChI is InChI=1S/C14H28N2O/c1-3-14(4-2,11-15-13-5-6-13)12-16-7-9-17-10-8-16/h13,15H,3-12H2,1-2H3. The number of hydrogen-bond donors (Lipinski definition) is 1. The van der Waals surface area contributed by atoms with Crippen molar-refractivity contribution in [1.29, 1.82) is 0 Å². The van der Waals surface area contributed by atoms with Crippen LogP contribution in [0.1, 0.15) is 39.5 Å². The molecule has 0 radical (unpaired) electrons. The van der Waals surface area contributed by atoms with Gasteiger partial charge in [0.15, 0.2) is 0 Å². The maximum Gasteiger partial charge on any atom is 0.0594 e. The quantitative estimate of drug-likeness (QED) is 0.735. The fourth-order valence-electron chi connectivity index (χ4n) is 2.66. The summed E-state index contributed by atoms with van der Waals surface area (Å²) in [6.45, 7) is 11.2. The molecule has 0 amide bonds. The number of rotatable bonds is 7. The fraction of sp³-hybridized carbons (Fsp3) is 1.00. The summed E-state index contributed by atoms with van der Waals surface area (Å²) in [4.78, 5) is 2.59. The molecule has 0 atom stereocenters. The molecule has 0 unspecified atom stereocenters. The minimum Gasteiger partial charge on any atom is -0.379 e. The van der Waals surface area contributed by atoms with Crippen LogP contribution in [0.15, 0.2) is 0 Å². The zero-order valence-electron chi connectivity index (χ0n) is 11.5. The molecule has 0 aromatic rings. The van der Waals surface area contributed by atoms with Crippen LogP contribution in [0, 0.1) is 5.41 Å². The van der Waals surface area contributed by atoms with Crippen molar-refractivity contribution in [3.05, 3.63) is 0 Å². The van der Waals surface area contributed by atoms with Crippen LogP contribution in [0.3, 0.4) is 0 Å². The van der Waals surface area contributed by atoms with Crippen molar-refractivity contribution in [2.24, 2.45) is 5.41 Å². The van der Waals surface area contributed by atoms with Gasteiger partial charge in [0, 0.05) is 32.2 Å². The van der Waals surface area contributed by atoms with Gasteiger partial charge in [0.2, 0.25) is 0 Å². The van der Waals surface area contributed by atoms with E-state index in [1.807, 2.05) is 0 Å². The summed E-state index contributed by atoms with van der Waals surface area (Å²) in [5.74, 6) is 0. The number of morpholine rings is 1. The first kappa shape index (κ1) is 13.3. The maximum atomic E-state index is 5.43. The molecule has 2 rings (SSSR count). The van der Waals surface area contributed by atoms with Crippen LogP contribution in [-0.4, -0.2) is 50.3 Å². The van der Waals surface area contributed by atoms with E-state index in [4.69, 9.17) is 4.74 Å². The smallest absolute Gasteiger partial charge is 0.0594 e. The molecule has 0 aromatic carbocycles. The molecule has 17 heavy (non-hydrogen) atoms. The van der Waals surface area contributed by atoms with Gasteiger partial charge in [0.25, 0.3) is 0 Å². The van der Waals surface area contributed by atoms with Gasteiger partial charge in [-0.15, -0.1) is 0 Å². The third-order valence-corrected chi connectivity index (χ3v) is 4.51. The molecule has 0 spiro atoms.